The Labute approximate surface area is 75.2 Å². The predicted molar refractivity (Wildman–Crippen MR) is 45.8 cm³/mol. The third-order valence-corrected chi connectivity index (χ3v) is 2.39. The molecule has 68 valence electrons. The van der Waals surface area contributed by atoms with Gasteiger partial charge in [-0.05, 0) is 23.8 Å². The first-order valence-corrected chi connectivity index (χ1v) is 4.72. The van der Waals surface area contributed by atoms with Gasteiger partial charge in [0.2, 0.25) is 5.16 Å². The summed E-state index contributed by atoms with van der Waals surface area (Å²) in [5.74, 6) is 0.839. The van der Waals surface area contributed by atoms with Gasteiger partial charge >= 0.3 is 0 Å². The lowest BCUT2D eigenvalue weighted by molar-refractivity contribution is 0.192. The molecule has 0 amide bonds. The second-order valence-electron chi connectivity index (χ2n) is 2.57. The summed E-state index contributed by atoms with van der Waals surface area (Å²) in [5, 5.41) is 20.7. The minimum Gasteiger partial charge on any atom is -0.393 e. The smallest absolute Gasteiger partial charge is 0.209 e. The minimum absolute atomic E-state index is 0.251. The van der Waals surface area contributed by atoms with Gasteiger partial charge in [0.05, 0.1) is 6.10 Å². The monoisotopic (exact) mass is 188 g/mol. The van der Waals surface area contributed by atoms with Crippen LogP contribution in [0.4, 0.5) is 0 Å². The first-order valence-electron chi connectivity index (χ1n) is 3.73. The van der Waals surface area contributed by atoms with E-state index in [1.165, 1.54) is 0 Å². The van der Waals surface area contributed by atoms with Crippen molar-refractivity contribution in [3.8, 4) is 0 Å². The number of aliphatic hydroxyl groups excluding tert-OH is 1. The van der Waals surface area contributed by atoms with Crippen LogP contribution in [-0.2, 0) is 7.05 Å². The molecule has 12 heavy (non-hydrogen) atoms. The quantitative estimate of drug-likeness (QED) is 0.678. The molecule has 1 aromatic rings. The Bertz CT molecular complexity index is 237. The molecule has 1 heterocycles. The highest BCUT2D eigenvalue weighted by atomic mass is 32.2. The average Bonchev–Trinajstić information content (AvgIpc) is 2.36. The second kappa shape index (κ2) is 4.42. The van der Waals surface area contributed by atoms with Gasteiger partial charge in [0.25, 0.3) is 0 Å². The zero-order valence-electron chi connectivity index (χ0n) is 7.14. The third kappa shape index (κ3) is 2.78. The molecule has 1 rings (SSSR count). The number of nitrogens with zero attached hydrogens (tertiary/aromatic N) is 4. The van der Waals surface area contributed by atoms with Gasteiger partial charge in [-0.2, -0.15) is 0 Å². The maximum absolute atomic E-state index is 8.98. The summed E-state index contributed by atoms with van der Waals surface area (Å²) in [6.45, 7) is 1.77. The fraction of sp³-hybridized carbons (Fsp3) is 0.833. The van der Waals surface area contributed by atoms with Gasteiger partial charge in [0.1, 0.15) is 0 Å². The largest absolute Gasteiger partial charge is 0.393 e. The van der Waals surface area contributed by atoms with Crippen LogP contribution in [0.25, 0.3) is 0 Å². The van der Waals surface area contributed by atoms with Gasteiger partial charge in [-0.1, -0.05) is 11.8 Å². The summed E-state index contributed by atoms with van der Waals surface area (Å²) in [6.07, 6.45) is 0.510. The maximum atomic E-state index is 8.98. The van der Waals surface area contributed by atoms with Crippen LogP contribution in [0.15, 0.2) is 5.16 Å². The molecule has 1 N–H and O–H groups in total. The molecule has 1 unspecified atom stereocenters. The Balaban J connectivity index is 2.29. The Morgan fingerprint density at radius 1 is 1.67 bits per heavy atom. The topological polar surface area (TPSA) is 63.8 Å². The summed E-state index contributed by atoms with van der Waals surface area (Å²) in [5.41, 5.74) is 0. The van der Waals surface area contributed by atoms with Crippen molar-refractivity contribution in [1.82, 2.24) is 20.2 Å². The molecule has 0 saturated heterocycles. The Morgan fingerprint density at radius 3 is 2.92 bits per heavy atom. The summed E-state index contributed by atoms with van der Waals surface area (Å²) >= 11 is 1.55. The van der Waals surface area contributed by atoms with Crippen LogP contribution in [0, 0.1) is 0 Å². The van der Waals surface area contributed by atoms with Gasteiger partial charge < -0.3 is 5.11 Å². The van der Waals surface area contributed by atoms with Crippen molar-refractivity contribution < 1.29 is 5.11 Å². The molecule has 6 heteroatoms. The zero-order chi connectivity index (χ0) is 8.97. The first kappa shape index (κ1) is 9.47. The fourth-order valence-electron chi connectivity index (χ4n) is 0.664. The molecule has 1 atom stereocenters. The molecule has 0 aromatic carbocycles. The molecule has 0 fully saturated rings. The molecule has 0 aliphatic heterocycles. The molecule has 1 aromatic heterocycles. The minimum atomic E-state index is -0.251. The lowest BCUT2D eigenvalue weighted by Gasteiger charge is -2.01. The molecule has 0 saturated carbocycles. The van der Waals surface area contributed by atoms with E-state index in [-0.39, 0.29) is 6.10 Å². The number of aryl methyl sites for hydroxylation is 1. The Hall–Kier alpha value is -0.620. The number of rotatable bonds is 4. The highest BCUT2D eigenvalue weighted by Gasteiger charge is 2.03. The van der Waals surface area contributed by atoms with Crippen molar-refractivity contribution in [1.29, 1.82) is 0 Å². The first-order chi connectivity index (χ1) is 5.70. The van der Waals surface area contributed by atoms with Crippen molar-refractivity contribution in [2.24, 2.45) is 7.05 Å². The second-order valence-corrected chi connectivity index (χ2v) is 3.63. The number of hydrogen-bond donors (Lipinski definition) is 1. The standard InChI is InChI=1S/C6H12N4OS/c1-5(11)3-4-12-6-7-8-9-10(6)2/h5,11H,3-4H2,1-2H3. The van der Waals surface area contributed by atoms with Crippen molar-refractivity contribution in [2.45, 2.75) is 24.6 Å². The predicted octanol–water partition coefficient (Wildman–Crippen LogP) is 0.0731. The van der Waals surface area contributed by atoms with E-state index in [9.17, 15) is 0 Å². The lowest BCUT2D eigenvalue weighted by atomic mass is 10.3. The fourth-order valence-corrected chi connectivity index (χ4v) is 1.62. The van der Waals surface area contributed by atoms with Crippen LogP contribution in [0.5, 0.6) is 0 Å². The molecule has 0 aliphatic carbocycles. The summed E-state index contributed by atoms with van der Waals surface area (Å²) < 4.78 is 1.62. The van der Waals surface area contributed by atoms with Crippen LogP contribution < -0.4 is 0 Å². The normalized spacial score (nSPS) is 13.2. The molecule has 0 bridgehead atoms. The third-order valence-electron chi connectivity index (χ3n) is 1.35. The lowest BCUT2D eigenvalue weighted by Crippen LogP contribution is -2.01. The summed E-state index contributed by atoms with van der Waals surface area (Å²) in [7, 11) is 1.80. The molecular formula is C6H12N4OS. The van der Waals surface area contributed by atoms with Crippen molar-refractivity contribution in [3.63, 3.8) is 0 Å². The van der Waals surface area contributed by atoms with Gasteiger partial charge in [0, 0.05) is 12.8 Å². The molecule has 5 nitrogen and oxygen atoms in total. The maximum Gasteiger partial charge on any atom is 0.209 e. The van der Waals surface area contributed by atoms with Gasteiger partial charge in [0.15, 0.2) is 0 Å². The van der Waals surface area contributed by atoms with E-state index >= 15 is 0 Å². The van der Waals surface area contributed by atoms with Gasteiger partial charge in [-0.15, -0.1) is 5.10 Å². The number of hydrogen-bond acceptors (Lipinski definition) is 5. The van der Waals surface area contributed by atoms with Crippen LogP contribution >= 0.6 is 11.8 Å². The van der Waals surface area contributed by atoms with Crippen LogP contribution in [-0.4, -0.2) is 37.2 Å². The van der Waals surface area contributed by atoms with Gasteiger partial charge in [-0.25, -0.2) is 4.68 Å². The molecule has 0 radical (unpaired) electrons. The van der Waals surface area contributed by atoms with Crippen molar-refractivity contribution >= 4 is 11.8 Å². The number of tetrazole rings is 1. The van der Waals surface area contributed by atoms with E-state index in [1.807, 2.05) is 0 Å². The number of aliphatic hydroxyl groups is 1. The summed E-state index contributed by atoms with van der Waals surface area (Å²) in [6, 6.07) is 0. The van der Waals surface area contributed by atoms with Gasteiger partial charge in [-0.3, -0.25) is 0 Å². The summed E-state index contributed by atoms with van der Waals surface area (Å²) in [4.78, 5) is 0. The Kier molecular flexibility index (Phi) is 3.48. The van der Waals surface area contributed by atoms with Crippen molar-refractivity contribution in [2.75, 3.05) is 5.75 Å². The molecule has 0 spiro atoms. The Morgan fingerprint density at radius 2 is 2.42 bits per heavy atom. The van der Waals surface area contributed by atoms with Crippen LogP contribution in [0.2, 0.25) is 0 Å². The number of aromatic nitrogens is 4. The molecule has 0 aliphatic rings. The molecular weight excluding hydrogens is 176 g/mol. The SMILES string of the molecule is CC(O)CCSc1nnnn1C. The van der Waals surface area contributed by atoms with Crippen LogP contribution in [0.1, 0.15) is 13.3 Å². The van der Waals surface area contributed by atoms with E-state index in [1.54, 1.807) is 30.4 Å². The van der Waals surface area contributed by atoms with E-state index in [2.05, 4.69) is 15.5 Å². The average molecular weight is 188 g/mol. The highest BCUT2D eigenvalue weighted by Crippen LogP contribution is 2.13. The van der Waals surface area contributed by atoms with Crippen molar-refractivity contribution in [3.05, 3.63) is 0 Å². The number of thioether (sulfide) groups is 1. The van der Waals surface area contributed by atoms with Crippen LogP contribution in [0.3, 0.4) is 0 Å². The highest BCUT2D eigenvalue weighted by molar-refractivity contribution is 7.99. The van der Waals surface area contributed by atoms with E-state index in [0.717, 1.165) is 17.3 Å². The van der Waals surface area contributed by atoms with E-state index < -0.39 is 0 Å². The van der Waals surface area contributed by atoms with E-state index in [0.29, 0.717) is 0 Å². The van der Waals surface area contributed by atoms with E-state index in [4.69, 9.17) is 5.11 Å². The zero-order valence-corrected chi connectivity index (χ0v) is 7.95.